The zero-order valence-electron chi connectivity index (χ0n) is 14.0. The maximum atomic E-state index is 12.5. The van der Waals surface area contributed by atoms with Crippen LogP contribution in [0, 0.1) is 0 Å². The van der Waals surface area contributed by atoms with E-state index in [0.29, 0.717) is 12.1 Å². The van der Waals surface area contributed by atoms with Crippen molar-refractivity contribution >= 4 is 11.6 Å². The molecule has 128 valence electrons. The number of anilines is 1. The SMILES string of the molecule is O=C(Nc1ccc(-n2cccn2)cc1)c1cccc(Cn2ccnc2)c1. The van der Waals surface area contributed by atoms with E-state index in [4.69, 9.17) is 0 Å². The second kappa shape index (κ2) is 7.06. The van der Waals surface area contributed by atoms with Gasteiger partial charge in [-0.1, -0.05) is 12.1 Å². The van der Waals surface area contributed by atoms with E-state index in [9.17, 15) is 4.79 Å². The largest absolute Gasteiger partial charge is 0.333 e. The van der Waals surface area contributed by atoms with Crippen LogP contribution in [-0.2, 0) is 6.54 Å². The first-order valence-electron chi connectivity index (χ1n) is 8.24. The van der Waals surface area contributed by atoms with Crippen molar-refractivity contribution < 1.29 is 4.79 Å². The van der Waals surface area contributed by atoms with E-state index in [1.54, 1.807) is 23.4 Å². The van der Waals surface area contributed by atoms with Crippen LogP contribution in [0.3, 0.4) is 0 Å². The van der Waals surface area contributed by atoms with Gasteiger partial charge in [0.15, 0.2) is 0 Å². The Kier molecular flexibility index (Phi) is 4.30. The zero-order valence-corrected chi connectivity index (χ0v) is 14.0. The number of amides is 1. The van der Waals surface area contributed by atoms with Gasteiger partial charge in [0.25, 0.3) is 5.91 Å². The van der Waals surface area contributed by atoms with E-state index in [0.717, 1.165) is 16.9 Å². The van der Waals surface area contributed by atoms with Crippen LogP contribution in [0.2, 0.25) is 0 Å². The molecule has 0 saturated heterocycles. The molecule has 0 aliphatic rings. The molecule has 1 N–H and O–H groups in total. The predicted octanol–water partition coefficient (Wildman–Crippen LogP) is 3.37. The van der Waals surface area contributed by atoms with Gasteiger partial charge in [0.1, 0.15) is 0 Å². The summed E-state index contributed by atoms with van der Waals surface area (Å²) in [7, 11) is 0. The molecule has 0 saturated carbocycles. The molecule has 1 amide bonds. The first-order valence-corrected chi connectivity index (χ1v) is 8.24. The summed E-state index contributed by atoms with van der Waals surface area (Å²) in [5, 5.41) is 7.12. The number of rotatable bonds is 5. The van der Waals surface area contributed by atoms with Crippen molar-refractivity contribution in [2.75, 3.05) is 5.32 Å². The van der Waals surface area contributed by atoms with Crippen molar-refractivity contribution in [1.29, 1.82) is 0 Å². The summed E-state index contributed by atoms with van der Waals surface area (Å²) in [5.74, 6) is -0.135. The van der Waals surface area contributed by atoms with Gasteiger partial charge in [0.2, 0.25) is 0 Å². The minimum Gasteiger partial charge on any atom is -0.333 e. The van der Waals surface area contributed by atoms with Crippen molar-refractivity contribution in [3.05, 3.63) is 96.8 Å². The molecule has 0 fully saturated rings. The molecule has 0 aliphatic carbocycles. The fourth-order valence-corrected chi connectivity index (χ4v) is 2.72. The van der Waals surface area contributed by atoms with Crippen LogP contribution in [0.15, 0.2) is 85.7 Å². The third kappa shape index (κ3) is 3.54. The van der Waals surface area contributed by atoms with Gasteiger partial charge in [-0.15, -0.1) is 0 Å². The van der Waals surface area contributed by atoms with E-state index < -0.39 is 0 Å². The van der Waals surface area contributed by atoms with E-state index >= 15 is 0 Å². The van der Waals surface area contributed by atoms with Crippen molar-refractivity contribution in [3.8, 4) is 5.69 Å². The highest BCUT2D eigenvalue weighted by Crippen LogP contribution is 2.15. The van der Waals surface area contributed by atoms with Gasteiger partial charge >= 0.3 is 0 Å². The Balaban J connectivity index is 1.46. The molecule has 0 unspecified atom stereocenters. The lowest BCUT2D eigenvalue weighted by Gasteiger charge is -2.08. The Labute approximate surface area is 150 Å². The number of nitrogens with zero attached hydrogens (tertiary/aromatic N) is 4. The lowest BCUT2D eigenvalue weighted by molar-refractivity contribution is 0.102. The first kappa shape index (κ1) is 15.8. The number of aromatic nitrogens is 4. The van der Waals surface area contributed by atoms with Gasteiger partial charge in [0, 0.05) is 42.6 Å². The molecule has 2 aromatic heterocycles. The van der Waals surface area contributed by atoms with E-state index in [1.165, 1.54) is 0 Å². The minimum atomic E-state index is -0.135. The summed E-state index contributed by atoms with van der Waals surface area (Å²) in [6.45, 7) is 0.680. The normalized spacial score (nSPS) is 10.6. The number of hydrogen-bond acceptors (Lipinski definition) is 3. The van der Waals surface area contributed by atoms with Crippen LogP contribution >= 0.6 is 0 Å². The highest BCUT2D eigenvalue weighted by Gasteiger charge is 2.07. The Morgan fingerprint density at radius 1 is 1.00 bits per heavy atom. The minimum absolute atomic E-state index is 0.135. The molecule has 4 rings (SSSR count). The Bertz CT molecular complexity index is 989. The third-order valence-corrected chi connectivity index (χ3v) is 4.01. The molecule has 6 heteroatoms. The van der Waals surface area contributed by atoms with Crippen LogP contribution in [0.5, 0.6) is 0 Å². The summed E-state index contributed by atoms with van der Waals surface area (Å²) in [4.78, 5) is 16.6. The third-order valence-electron chi connectivity index (χ3n) is 4.01. The molecule has 6 nitrogen and oxygen atoms in total. The number of benzene rings is 2. The summed E-state index contributed by atoms with van der Waals surface area (Å²) in [5.41, 5.74) is 3.35. The fourth-order valence-electron chi connectivity index (χ4n) is 2.72. The highest BCUT2D eigenvalue weighted by atomic mass is 16.1. The molecular weight excluding hydrogens is 326 g/mol. The second-order valence-electron chi connectivity index (χ2n) is 5.89. The monoisotopic (exact) mass is 343 g/mol. The molecule has 0 atom stereocenters. The predicted molar refractivity (Wildman–Crippen MR) is 99.3 cm³/mol. The lowest BCUT2D eigenvalue weighted by Crippen LogP contribution is -2.12. The average molecular weight is 343 g/mol. The zero-order chi connectivity index (χ0) is 17.8. The van der Waals surface area contributed by atoms with Crippen LogP contribution < -0.4 is 5.32 Å². The first-order chi connectivity index (χ1) is 12.8. The molecule has 2 aromatic carbocycles. The van der Waals surface area contributed by atoms with E-state index in [1.807, 2.05) is 71.6 Å². The molecular formula is C20H17N5O. The van der Waals surface area contributed by atoms with Gasteiger partial charge in [-0.3, -0.25) is 4.79 Å². The second-order valence-corrected chi connectivity index (χ2v) is 5.89. The summed E-state index contributed by atoms with van der Waals surface area (Å²) in [6, 6.07) is 17.0. The molecule has 0 bridgehead atoms. The molecule has 0 spiro atoms. The van der Waals surface area contributed by atoms with Crippen LogP contribution in [0.4, 0.5) is 5.69 Å². The van der Waals surface area contributed by atoms with Gasteiger partial charge in [-0.2, -0.15) is 5.10 Å². The number of hydrogen-bond donors (Lipinski definition) is 1. The molecule has 0 radical (unpaired) electrons. The van der Waals surface area contributed by atoms with E-state index in [2.05, 4.69) is 15.4 Å². The summed E-state index contributed by atoms with van der Waals surface area (Å²) < 4.78 is 3.73. The quantitative estimate of drug-likeness (QED) is 0.604. The maximum absolute atomic E-state index is 12.5. The topological polar surface area (TPSA) is 64.7 Å². The molecule has 2 heterocycles. The van der Waals surface area contributed by atoms with E-state index in [-0.39, 0.29) is 5.91 Å². The maximum Gasteiger partial charge on any atom is 0.255 e. The van der Waals surface area contributed by atoms with Crippen molar-refractivity contribution in [1.82, 2.24) is 19.3 Å². The van der Waals surface area contributed by atoms with Crippen molar-refractivity contribution in [3.63, 3.8) is 0 Å². The van der Waals surface area contributed by atoms with Crippen LogP contribution in [-0.4, -0.2) is 25.2 Å². The smallest absolute Gasteiger partial charge is 0.255 e. The Morgan fingerprint density at radius 3 is 2.62 bits per heavy atom. The highest BCUT2D eigenvalue weighted by molar-refractivity contribution is 6.04. The number of carbonyl (C=O) groups is 1. The van der Waals surface area contributed by atoms with Gasteiger partial charge < -0.3 is 9.88 Å². The summed E-state index contributed by atoms with van der Waals surface area (Å²) in [6.07, 6.45) is 9.00. The van der Waals surface area contributed by atoms with Crippen LogP contribution in [0.25, 0.3) is 5.69 Å². The fraction of sp³-hybridized carbons (Fsp3) is 0.0500. The summed E-state index contributed by atoms with van der Waals surface area (Å²) >= 11 is 0. The Morgan fingerprint density at radius 2 is 1.88 bits per heavy atom. The van der Waals surface area contributed by atoms with Gasteiger partial charge in [0.05, 0.1) is 12.0 Å². The van der Waals surface area contributed by atoms with Gasteiger partial charge in [-0.05, 0) is 48.0 Å². The van der Waals surface area contributed by atoms with Crippen molar-refractivity contribution in [2.45, 2.75) is 6.54 Å². The van der Waals surface area contributed by atoms with Crippen molar-refractivity contribution in [2.24, 2.45) is 0 Å². The van der Waals surface area contributed by atoms with Gasteiger partial charge in [-0.25, -0.2) is 9.67 Å². The Hall–Kier alpha value is -3.67. The average Bonchev–Trinajstić information content (AvgIpc) is 3.36. The number of nitrogens with one attached hydrogen (secondary N) is 1. The lowest BCUT2D eigenvalue weighted by atomic mass is 10.1. The molecule has 0 aliphatic heterocycles. The number of carbonyl (C=O) groups excluding carboxylic acids is 1. The standard InChI is InChI=1S/C20H17N5O/c26-20(17-4-1-3-16(13-17)14-24-12-10-21-15-24)23-18-5-7-19(8-6-18)25-11-2-9-22-25/h1-13,15H,14H2,(H,23,26). The van der Waals surface area contributed by atoms with Crippen LogP contribution in [0.1, 0.15) is 15.9 Å². The molecule has 26 heavy (non-hydrogen) atoms. The molecule has 4 aromatic rings. The number of imidazole rings is 1.